The zero-order valence-electron chi connectivity index (χ0n) is 11.3. The summed E-state index contributed by atoms with van der Waals surface area (Å²) in [5.74, 6) is 2.39. The Labute approximate surface area is 106 Å². The van der Waals surface area contributed by atoms with Gasteiger partial charge in [0, 0.05) is 0 Å². The van der Waals surface area contributed by atoms with Gasteiger partial charge in [0.25, 0.3) is 0 Å². The molecule has 2 aliphatic rings. The molecule has 2 saturated carbocycles. The third-order valence-corrected chi connectivity index (χ3v) is 4.30. The van der Waals surface area contributed by atoms with Crippen molar-refractivity contribution in [3.05, 3.63) is 0 Å². The molecule has 96 valence electrons. The van der Waals surface area contributed by atoms with Crippen LogP contribution in [0.1, 0.15) is 58.8 Å². The number of rotatable bonds is 5. The molecule has 2 unspecified atom stereocenters. The van der Waals surface area contributed by atoms with Crippen molar-refractivity contribution in [3.8, 4) is 6.07 Å². The maximum atomic E-state index is 9.51. The Morgan fingerprint density at radius 1 is 1.29 bits per heavy atom. The van der Waals surface area contributed by atoms with Crippen LogP contribution in [0.3, 0.4) is 0 Å². The second-order valence-electron chi connectivity index (χ2n) is 6.61. The fourth-order valence-corrected chi connectivity index (χ4v) is 3.22. The number of nitrogens with zero attached hydrogens (tertiary/aromatic N) is 1. The molecule has 0 bridgehead atoms. The number of hydrogen-bond acceptors (Lipinski definition) is 2. The van der Waals surface area contributed by atoms with E-state index < -0.39 is 0 Å². The lowest BCUT2D eigenvalue weighted by Gasteiger charge is -2.37. The molecule has 2 fully saturated rings. The molecule has 2 aliphatic carbocycles. The van der Waals surface area contributed by atoms with Crippen LogP contribution in [0.25, 0.3) is 0 Å². The van der Waals surface area contributed by atoms with Crippen molar-refractivity contribution in [1.82, 2.24) is 5.32 Å². The normalized spacial score (nSPS) is 33.6. The van der Waals surface area contributed by atoms with Crippen molar-refractivity contribution in [2.24, 2.45) is 17.8 Å². The molecular weight excluding hydrogens is 208 g/mol. The quantitative estimate of drug-likeness (QED) is 0.790. The Morgan fingerprint density at radius 3 is 2.65 bits per heavy atom. The summed E-state index contributed by atoms with van der Waals surface area (Å²) in [6.45, 7) is 5.66. The summed E-state index contributed by atoms with van der Waals surface area (Å²) in [5.41, 5.74) is -0.194. The highest BCUT2D eigenvalue weighted by Gasteiger charge is 2.37. The summed E-state index contributed by atoms with van der Waals surface area (Å²) >= 11 is 0. The molecule has 0 aromatic carbocycles. The first kappa shape index (κ1) is 12.9. The van der Waals surface area contributed by atoms with Crippen molar-refractivity contribution < 1.29 is 0 Å². The van der Waals surface area contributed by atoms with E-state index in [4.69, 9.17) is 0 Å². The van der Waals surface area contributed by atoms with E-state index in [2.05, 4.69) is 25.2 Å². The summed E-state index contributed by atoms with van der Waals surface area (Å²) in [7, 11) is 0. The van der Waals surface area contributed by atoms with E-state index in [0.29, 0.717) is 0 Å². The van der Waals surface area contributed by atoms with Gasteiger partial charge in [0.1, 0.15) is 5.54 Å². The Kier molecular flexibility index (Phi) is 4.09. The van der Waals surface area contributed by atoms with Crippen LogP contribution in [0.4, 0.5) is 0 Å². The van der Waals surface area contributed by atoms with Crippen molar-refractivity contribution in [3.63, 3.8) is 0 Å². The largest absolute Gasteiger partial charge is 0.299 e. The van der Waals surface area contributed by atoms with E-state index in [9.17, 15) is 5.26 Å². The molecule has 2 nitrogen and oxygen atoms in total. The van der Waals surface area contributed by atoms with Crippen molar-refractivity contribution >= 4 is 0 Å². The molecule has 0 aromatic rings. The summed E-state index contributed by atoms with van der Waals surface area (Å²) in [4.78, 5) is 0. The van der Waals surface area contributed by atoms with Crippen LogP contribution in [0.5, 0.6) is 0 Å². The van der Waals surface area contributed by atoms with Crippen LogP contribution >= 0.6 is 0 Å². The fraction of sp³-hybridized carbons (Fsp3) is 0.933. The van der Waals surface area contributed by atoms with E-state index in [0.717, 1.165) is 37.1 Å². The van der Waals surface area contributed by atoms with Gasteiger partial charge in [-0.25, -0.2) is 0 Å². The highest BCUT2D eigenvalue weighted by atomic mass is 15.0. The highest BCUT2D eigenvalue weighted by molar-refractivity contribution is 5.10. The monoisotopic (exact) mass is 234 g/mol. The molecule has 0 radical (unpaired) electrons. The number of nitrogens with one attached hydrogen (secondary N) is 1. The molecular formula is C15H26N2. The van der Waals surface area contributed by atoms with Crippen LogP contribution in [-0.2, 0) is 0 Å². The minimum atomic E-state index is -0.194. The van der Waals surface area contributed by atoms with Gasteiger partial charge in [0.2, 0.25) is 0 Å². The van der Waals surface area contributed by atoms with Gasteiger partial charge in [0.05, 0.1) is 6.07 Å². The van der Waals surface area contributed by atoms with Gasteiger partial charge >= 0.3 is 0 Å². The first-order chi connectivity index (χ1) is 8.13. The van der Waals surface area contributed by atoms with Crippen molar-refractivity contribution in [2.45, 2.75) is 64.3 Å². The number of nitriles is 1. The zero-order valence-corrected chi connectivity index (χ0v) is 11.3. The lowest BCUT2D eigenvalue weighted by Crippen LogP contribution is -2.48. The van der Waals surface area contributed by atoms with Gasteiger partial charge in [-0.15, -0.1) is 0 Å². The average molecular weight is 234 g/mol. The molecule has 0 aromatic heterocycles. The molecule has 0 spiro atoms. The summed E-state index contributed by atoms with van der Waals surface area (Å²) in [6, 6.07) is 2.59. The molecule has 0 heterocycles. The van der Waals surface area contributed by atoms with Crippen LogP contribution in [0.15, 0.2) is 0 Å². The van der Waals surface area contributed by atoms with E-state index in [1.165, 1.54) is 32.1 Å². The Bertz CT molecular complexity index is 288. The molecule has 2 rings (SSSR count). The Balaban J connectivity index is 1.88. The second kappa shape index (κ2) is 5.40. The van der Waals surface area contributed by atoms with E-state index in [1.54, 1.807) is 0 Å². The Morgan fingerprint density at radius 2 is 2.06 bits per heavy atom. The first-order valence-electron chi connectivity index (χ1n) is 7.30. The van der Waals surface area contributed by atoms with Crippen LogP contribution in [0.2, 0.25) is 0 Å². The third kappa shape index (κ3) is 3.71. The lowest BCUT2D eigenvalue weighted by atomic mass is 9.73. The van der Waals surface area contributed by atoms with Gasteiger partial charge in [-0.3, -0.25) is 5.32 Å². The van der Waals surface area contributed by atoms with Crippen LogP contribution in [-0.4, -0.2) is 12.1 Å². The molecule has 2 heteroatoms. The highest BCUT2D eigenvalue weighted by Crippen LogP contribution is 2.36. The van der Waals surface area contributed by atoms with Crippen molar-refractivity contribution in [2.75, 3.05) is 6.54 Å². The maximum absolute atomic E-state index is 9.51. The van der Waals surface area contributed by atoms with Gasteiger partial charge < -0.3 is 0 Å². The smallest absolute Gasteiger partial charge is 0.107 e. The van der Waals surface area contributed by atoms with Gasteiger partial charge in [-0.1, -0.05) is 26.7 Å². The molecule has 1 N–H and O–H groups in total. The summed E-state index contributed by atoms with van der Waals surface area (Å²) in [6.07, 6.45) is 8.71. The minimum Gasteiger partial charge on any atom is -0.299 e. The average Bonchev–Trinajstić information content (AvgIpc) is 3.10. The van der Waals surface area contributed by atoms with E-state index in [1.807, 2.05) is 0 Å². The SMILES string of the molecule is CC(C)CC1CCCC(C#N)(NCC2CC2)C1. The van der Waals surface area contributed by atoms with E-state index in [-0.39, 0.29) is 5.54 Å². The van der Waals surface area contributed by atoms with Crippen molar-refractivity contribution in [1.29, 1.82) is 5.26 Å². The van der Waals surface area contributed by atoms with Gasteiger partial charge in [-0.2, -0.15) is 5.26 Å². The lowest BCUT2D eigenvalue weighted by molar-refractivity contribution is 0.205. The standard InChI is InChI=1S/C15H26N2/c1-12(2)8-14-4-3-7-15(9-14,11-16)17-10-13-5-6-13/h12-14,17H,3-10H2,1-2H3. The minimum absolute atomic E-state index is 0.194. The van der Waals surface area contributed by atoms with Gasteiger partial charge in [-0.05, 0) is 56.4 Å². The molecule has 0 saturated heterocycles. The maximum Gasteiger partial charge on any atom is 0.107 e. The van der Waals surface area contributed by atoms with Crippen LogP contribution in [0, 0.1) is 29.1 Å². The van der Waals surface area contributed by atoms with Gasteiger partial charge in [0.15, 0.2) is 0 Å². The fourth-order valence-electron chi connectivity index (χ4n) is 3.22. The summed E-state index contributed by atoms with van der Waals surface area (Å²) in [5, 5.41) is 13.1. The predicted octanol–water partition coefficient (Wildman–Crippen LogP) is 3.48. The molecule has 2 atom stereocenters. The molecule has 0 amide bonds. The predicted molar refractivity (Wildman–Crippen MR) is 70.5 cm³/mol. The number of hydrogen-bond donors (Lipinski definition) is 1. The zero-order chi connectivity index (χ0) is 12.3. The molecule has 0 aliphatic heterocycles. The molecule has 17 heavy (non-hydrogen) atoms. The first-order valence-corrected chi connectivity index (χ1v) is 7.30. The Hall–Kier alpha value is -0.550. The summed E-state index contributed by atoms with van der Waals surface area (Å²) < 4.78 is 0. The van der Waals surface area contributed by atoms with E-state index >= 15 is 0 Å². The van der Waals surface area contributed by atoms with Crippen LogP contribution < -0.4 is 5.32 Å². The topological polar surface area (TPSA) is 35.8 Å². The third-order valence-electron chi connectivity index (χ3n) is 4.30. The second-order valence-corrected chi connectivity index (χ2v) is 6.61.